The summed E-state index contributed by atoms with van der Waals surface area (Å²) in [4.78, 5) is 11.0. The number of unbranched alkanes of at least 4 members (excludes halogenated alkanes) is 12. The molecule has 0 N–H and O–H groups in total. The van der Waals surface area contributed by atoms with Gasteiger partial charge in [-0.3, -0.25) is 4.79 Å². The lowest BCUT2D eigenvalue weighted by atomic mass is 10.1. The summed E-state index contributed by atoms with van der Waals surface area (Å²) in [5.74, 6) is 0.420. The van der Waals surface area contributed by atoms with E-state index in [2.05, 4.69) is 13.8 Å². The number of allylic oxidation sites excluding steroid dienone is 2. The molecule has 142 valence electrons. The molecule has 0 unspecified atom stereocenters. The predicted octanol–water partition coefficient (Wildman–Crippen LogP) is 6.56. The smallest absolute Gasteiger partial charge is 0.189 e. The zero-order chi connectivity index (χ0) is 17.7. The van der Waals surface area contributed by atoms with Crippen molar-refractivity contribution in [1.82, 2.24) is 0 Å². The van der Waals surface area contributed by atoms with E-state index in [1.54, 1.807) is 0 Å². The first-order chi connectivity index (χ1) is 11.8. The van der Waals surface area contributed by atoms with Crippen LogP contribution < -0.4 is 0 Å². The molecule has 0 spiro atoms. The van der Waals surface area contributed by atoms with Crippen LogP contribution in [0.1, 0.15) is 104 Å². The largest absolute Gasteiger partial charge is 0.464 e. The lowest BCUT2D eigenvalue weighted by Crippen LogP contribution is -2.02. The van der Waals surface area contributed by atoms with Gasteiger partial charge in [-0.05, 0) is 25.3 Å². The molecule has 3 nitrogen and oxygen atoms in total. The molecule has 0 aliphatic carbocycles. The highest BCUT2D eigenvalue weighted by Crippen LogP contribution is 2.10. The second-order valence-corrected chi connectivity index (χ2v) is 6.57. The van der Waals surface area contributed by atoms with Crippen LogP contribution in [0, 0.1) is 0 Å². The molecule has 0 saturated heterocycles. The van der Waals surface area contributed by atoms with Gasteiger partial charge < -0.3 is 9.47 Å². The van der Waals surface area contributed by atoms with Crippen LogP contribution in [0.2, 0.25) is 0 Å². The maximum absolute atomic E-state index is 11.0. The standard InChI is InChI=1S/C21H40O3/c1-3-5-7-9-10-11-12-13-15-17-21(19-22)24-20-23-18-16-14-8-6-4-2/h17,19H,3-16,18,20H2,1-2H3/b21-17+. The average Bonchev–Trinajstić information content (AvgIpc) is 2.60. The molecular formula is C21H40O3. The summed E-state index contributed by atoms with van der Waals surface area (Å²) in [6, 6.07) is 0. The van der Waals surface area contributed by atoms with Crippen molar-refractivity contribution in [2.45, 2.75) is 104 Å². The third-order valence-electron chi connectivity index (χ3n) is 4.22. The van der Waals surface area contributed by atoms with Crippen molar-refractivity contribution in [3.8, 4) is 0 Å². The van der Waals surface area contributed by atoms with Crippen molar-refractivity contribution in [2.24, 2.45) is 0 Å². The number of rotatable bonds is 19. The molecule has 0 atom stereocenters. The average molecular weight is 341 g/mol. The van der Waals surface area contributed by atoms with Gasteiger partial charge in [-0.2, -0.15) is 0 Å². The Hall–Kier alpha value is -0.830. The van der Waals surface area contributed by atoms with E-state index in [0.29, 0.717) is 12.4 Å². The highest BCUT2D eigenvalue weighted by Gasteiger charge is 1.97. The summed E-state index contributed by atoms with van der Waals surface area (Å²) in [5.41, 5.74) is 0. The monoisotopic (exact) mass is 340 g/mol. The van der Waals surface area contributed by atoms with Crippen LogP contribution in [0.25, 0.3) is 0 Å². The first-order valence-corrected chi connectivity index (χ1v) is 10.2. The van der Waals surface area contributed by atoms with Gasteiger partial charge in [0.15, 0.2) is 18.8 Å². The van der Waals surface area contributed by atoms with Crippen molar-refractivity contribution in [3.63, 3.8) is 0 Å². The van der Waals surface area contributed by atoms with E-state index >= 15 is 0 Å². The van der Waals surface area contributed by atoms with E-state index in [0.717, 1.165) is 25.5 Å². The van der Waals surface area contributed by atoms with Crippen LogP contribution in [0.4, 0.5) is 0 Å². The Labute approximate surface area is 150 Å². The highest BCUT2D eigenvalue weighted by molar-refractivity contribution is 5.69. The fraction of sp³-hybridized carbons (Fsp3) is 0.857. The lowest BCUT2D eigenvalue weighted by Gasteiger charge is -2.07. The molecule has 0 aliphatic heterocycles. The fourth-order valence-electron chi connectivity index (χ4n) is 2.64. The van der Waals surface area contributed by atoms with Gasteiger partial charge in [0.05, 0.1) is 6.61 Å². The normalized spacial score (nSPS) is 11.7. The Kier molecular flexibility index (Phi) is 19.5. The molecule has 0 rings (SSSR count). The topological polar surface area (TPSA) is 35.5 Å². The molecule has 0 bridgehead atoms. The number of carbonyl (C=O) groups excluding carboxylic acids is 1. The van der Waals surface area contributed by atoms with Crippen LogP contribution in [-0.2, 0) is 14.3 Å². The summed E-state index contributed by atoms with van der Waals surface area (Å²) in [7, 11) is 0. The second-order valence-electron chi connectivity index (χ2n) is 6.57. The molecule has 0 amide bonds. The quantitative estimate of drug-likeness (QED) is 0.0878. The number of aldehydes is 1. The minimum absolute atomic E-state index is 0.190. The van der Waals surface area contributed by atoms with Gasteiger partial charge in [-0.25, -0.2) is 0 Å². The summed E-state index contributed by atoms with van der Waals surface area (Å²) >= 11 is 0. The van der Waals surface area contributed by atoms with Crippen LogP contribution >= 0.6 is 0 Å². The molecule has 0 saturated carbocycles. The Morgan fingerprint density at radius 2 is 1.29 bits per heavy atom. The molecule has 0 aromatic heterocycles. The first kappa shape index (κ1) is 23.2. The van der Waals surface area contributed by atoms with Gasteiger partial charge >= 0.3 is 0 Å². The Morgan fingerprint density at radius 3 is 1.88 bits per heavy atom. The molecule has 0 aliphatic rings. The zero-order valence-electron chi connectivity index (χ0n) is 16.2. The Balaban J connectivity index is 3.43. The third kappa shape index (κ3) is 17.5. The molecule has 0 radical (unpaired) electrons. The molecule has 0 aromatic rings. The van der Waals surface area contributed by atoms with E-state index in [9.17, 15) is 4.79 Å². The second kappa shape index (κ2) is 20.2. The van der Waals surface area contributed by atoms with Gasteiger partial charge in [0.25, 0.3) is 0 Å². The van der Waals surface area contributed by atoms with Crippen molar-refractivity contribution in [1.29, 1.82) is 0 Å². The number of ether oxygens (including phenoxy) is 2. The van der Waals surface area contributed by atoms with Crippen LogP contribution in [0.15, 0.2) is 11.8 Å². The molecule has 24 heavy (non-hydrogen) atoms. The number of hydrogen-bond acceptors (Lipinski definition) is 3. The van der Waals surface area contributed by atoms with E-state index in [1.165, 1.54) is 70.6 Å². The minimum atomic E-state index is 0.190. The zero-order valence-corrected chi connectivity index (χ0v) is 16.2. The molecular weight excluding hydrogens is 300 g/mol. The Bertz CT molecular complexity index is 287. The lowest BCUT2D eigenvalue weighted by molar-refractivity contribution is -0.111. The molecule has 0 fully saturated rings. The maximum atomic E-state index is 11.0. The first-order valence-electron chi connectivity index (χ1n) is 10.2. The molecule has 0 aromatic carbocycles. The third-order valence-corrected chi connectivity index (χ3v) is 4.22. The fourth-order valence-corrected chi connectivity index (χ4v) is 2.64. The highest BCUT2D eigenvalue weighted by atomic mass is 16.7. The van der Waals surface area contributed by atoms with E-state index < -0.39 is 0 Å². The molecule has 3 heteroatoms. The van der Waals surface area contributed by atoms with Gasteiger partial charge in [0.2, 0.25) is 0 Å². The summed E-state index contributed by atoms with van der Waals surface area (Å²) < 4.78 is 10.8. The van der Waals surface area contributed by atoms with Gasteiger partial charge in [-0.15, -0.1) is 0 Å². The number of hydrogen-bond donors (Lipinski definition) is 0. The SMILES string of the molecule is CCCCCCCCCC/C=C(\C=O)OCOCCCCCCC. The molecule has 0 heterocycles. The van der Waals surface area contributed by atoms with Crippen molar-refractivity contribution in [3.05, 3.63) is 11.8 Å². The summed E-state index contributed by atoms with van der Waals surface area (Å²) in [6.45, 7) is 5.37. The summed E-state index contributed by atoms with van der Waals surface area (Å²) in [5, 5.41) is 0. The van der Waals surface area contributed by atoms with E-state index in [-0.39, 0.29) is 6.79 Å². The Morgan fingerprint density at radius 1 is 0.750 bits per heavy atom. The van der Waals surface area contributed by atoms with Crippen molar-refractivity contribution < 1.29 is 14.3 Å². The van der Waals surface area contributed by atoms with Gasteiger partial charge in [-0.1, -0.05) is 84.5 Å². The van der Waals surface area contributed by atoms with Crippen LogP contribution in [0.3, 0.4) is 0 Å². The predicted molar refractivity (Wildman–Crippen MR) is 102 cm³/mol. The van der Waals surface area contributed by atoms with Gasteiger partial charge in [0.1, 0.15) is 0 Å². The van der Waals surface area contributed by atoms with Crippen LogP contribution in [0.5, 0.6) is 0 Å². The number of carbonyl (C=O) groups is 1. The van der Waals surface area contributed by atoms with E-state index in [1.807, 2.05) is 6.08 Å². The van der Waals surface area contributed by atoms with Crippen LogP contribution in [-0.4, -0.2) is 19.7 Å². The van der Waals surface area contributed by atoms with Gasteiger partial charge in [0, 0.05) is 0 Å². The maximum Gasteiger partial charge on any atom is 0.189 e. The minimum Gasteiger partial charge on any atom is -0.464 e. The van der Waals surface area contributed by atoms with Crippen molar-refractivity contribution in [2.75, 3.05) is 13.4 Å². The van der Waals surface area contributed by atoms with Crippen molar-refractivity contribution >= 4 is 6.29 Å². The van der Waals surface area contributed by atoms with E-state index in [4.69, 9.17) is 9.47 Å². The summed E-state index contributed by atoms with van der Waals surface area (Å²) in [6.07, 6.45) is 20.1.